The number of halogens is 4. The van der Waals surface area contributed by atoms with E-state index >= 15 is 0 Å². The molecule has 0 aliphatic carbocycles. The lowest BCUT2D eigenvalue weighted by Gasteiger charge is -2.11. The fourth-order valence-corrected chi connectivity index (χ4v) is 2.56. The fraction of sp³-hybridized carbons (Fsp3) is 0.0588. The molecule has 3 rings (SSSR count). The molecule has 0 radical (unpaired) electrons. The third-order valence-electron chi connectivity index (χ3n) is 3.36. The lowest BCUT2D eigenvalue weighted by Crippen LogP contribution is -2.17. The maximum absolute atomic E-state index is 12.4. The molecule has 8 heteroatoms. The summed E-state index contributed by atoms with van der Waals surface area (Å²) in [6, 6.07) is 11.3. The molecule has 4 nitrogen and oxygen atoms in total. The van der Waals surface area contributed by atoms with E-state index in [1.165, 1.54) is 12.1 Å². The van der Waals surface area contributed by atoms with Crippen molar-refractivity contribution in [2.24, 2.45) is 0 Å². The van der Waals surface area contributed by atoms with Crippen LogP contribution < -0.4 is 4.74 Å². The first-order chi connectivity index (χ1) is 11.7. The summed E-state index contributed by atoms with van der Waals surface area (Å²) >= 11 is 5.93. The Bertz CT molecular complexity index is 973. The van der Waals surface area contributed by atoms with Crippen LogP contribution in [0.15, 0.2) is 48.5 Å². The molecule has 25 heavy (non-hydrogen) atoms. The van der Waals surface area contributed by atoms with Gasteiger partial charge in [-0.25, -0.2) is 9.78 Å². The molecule has 0 bridgehead atoms. The molecule has 0 fully saturated rings. The predicted molar refractivity (Wildman–Crippen MR) is 85.8 cm³/mol. The van der Waals surface area contributed by atoms with Crippen LogP contribution in [0.4, 0.5) is 13.2 Å². The summed E-state index contributed by atoms with van der Waals surface area (Å²) in [6.45, 7) is 0. The zero-order valence-electron chi connectivity index (χ0n) is 12.3. The van der Waals surface area contributed by atoms with Gasteiger partial charge in [-0.1, -0.05) is 23.7 Å². The number of nitrogens with zero attached hydrogens (tertiary/aromatic N) is 1. The van der Waals surface area contributed by atoms with Crippen molar-refractivity contribution in [3.05, 3.63) is 59.1 Å². The van der Waals surface area contributed by atoms with Crippen molar-refractivity contribution in [1.82, 2.24) is 4.98 Å². The van der Waals surface area contributed by atoms with Gasteiger partial charge < -0.3 is 9.84 Å². The number of ether oxygens (including phenoxy) is 1. The van der Waals surface area contributed by atoms with Crippen LogP contribution >= 0.6 is 11.6 Å². The number of carboxylic acids is 1. The van der Waals surface area contributed by atoms with Gasteiger partial charge in [0.15, 0.2) is 0 Å². The second-order valence-electron chi connectivity index (χ2n) is 5.10. The lowest BCUT2D eigenvalue weighted by atomic mass is 10.0. The van der Waals surface area contributed by atoms with E-state index < -0.39 is 18.1 Å². The molecule has 1 heterocycles. The minimum absolute atomic E-state index is 0.0417. The number of benzene rings is 2. The van der Waals surface area contributed by atoms with E-state index in [9.17, 15) is 23.1 Å². The number of hydrogen-bond donors (Lipinski definition) is 1. The molecule has 0 aliphatic rings. The van der Waals surface area contributed by atoms with Gasteiger partial charge in [-0.15, -0.1) is 13.2 Å². The summed E-state index contributed by atoms with van der Waals surface area (Å²) in [7, 11) is 0. The molecule has 1 aromatic heterocycles. The number of fused-ring (bicyclic) bond motifs is 1. The van der Waals surface area contributed by atoms with Crippen LogP contribution in [0.1, 0.15) is 10.4 Å². The van der Waals surface area contributed by atoms with E-state index in [2.05, 4.69) is 9.72 Å². The van der Waals surface area contributed by atoms with Crippen molar-refractivity contribution in [2.75, 3.05) is 0 Å². The molecule has 0 saturated carbocycles. The zero-order valence-corrected chi connectivity index (χ0v) is 13.1. The number of carbonyl (C=O) groups is 1. The first-order valence-corrected chi connectivity index (χ1v) is 7.30. The maximum atomic E-state index is 12.4. The Morgan fingerprint density at radius 3 is 2.52 bits per heavy atom. The van der Waals surface area contributed by atoms with Crippen LogP contribution in [0.2, 0.25) is 5.02 Å². The molecule has 1 N–H and O–H groups in total. The van der Waals surface area contributed by atoms with Crippen molar-refractivity contribution in [3.63, 3.8) is 0 Å². The number of rotatable bonds is 3. The SMILES string of the molecule is O=C(O)c1cc(-c2cccc(Cl)c2)nc2ccc(OC(F)(F)F)cc12. The minimum atomic E-state index is -4.87. The maximum Gasteiger partial charge on any atom is 0.573 e. The number of alkyl halides is 3. The standard InChI is InChI=1S/C17H9ClF3NO3/c18-10-3-1-2-9(6-10)15-8-13(16(23)24)12-7-11(25-17(19,20)21)4-5-14(12)22-15/h1-8H,(H,23,24). The second-order valence-corrected chi connectivity index (χ2v) is 5.53. The fourth-order valence-electron chi connectivity index (χ4n) is 2.37. The van der Waals surface area contributed by atoms with E-state index in [1.54, 1.807) is 24.3 Å². The van der Waals surface area contributed by atoms with Gasteiger partial charge in [-0.3, -0.25) is 0 Å². The van der Waals surface area contributed by atoms with Gasteiger partial charge in [0.05, 0.1) is 16.8 Å². The first-order valence-electron chi connectivity index (χ1n) is 6.93. The lowest BCUT2D eigenvalue weighted by molar-refractivity contribution is -0.274. The summed E-state index contributed by atoms with van der Waals surface area (Å²) in [5.74, 6) is -1.81. The van der Waals surface area contributed by atoms with Crippen molar-refractivity contribution < 1.29 is 27.8 Å². The highest BCUT2D eigenvalue weighted by Crippen LogP contribution is 2.31. The van der Waals surface area contributed by atoms with Crippen LogP contribution in [0.3, 0.4) is 0 Å². The Hall–Kier alpha value is -2.80. The highest BCUT2D eigenvalue weighted by molar-refractivity contribution is 6.30. The van der Waals surface area contributed by atoms with Gasteiger partial charge in [-0.2, -0.15) is 0 Å². The van der Waals surface area contributed by atoms with Crippen LogP contribution in [-0.4, -0.2) is 22.4 Å². The molecule has 0 amide bonds. The molecule has 0 spiro atoms. The van der Waals surface area contributed by atoms with Crippen LogP contribution in [0.5, 0.6) is 5.75 Å². The quantitative estimate of drug-likeness (QED) is 0.695. The molecule has 0 atom stereocenters. The molecule has 0 saturated heterocycles. The minimum Gasteiger partial charge on any atom is -0.478 e. The molecular weight excluding hydrogens is 359 g/mol. The van der Waals surface area contributed by atoms with Gasteiger partial charge in [0.25, 0.3) is 0 Å². The molecule has 2 aromatic carbocycles. The first kappa shape index (κ1) is 17.0. The Morgan fingerprint density at radius 1 is 1.12 bits per heavy atom. The van der Waals surface area contributed by atoms with Crippen LogP contribution in [0.25, 0.3) is 22.2 Å². The summed E-state index contributed by atoms with van der Waals surface area (Å²) in [4.78, 5) is 15.9. The van der Waals surface area contributed by atoms with Crippen LogP contribution in [0, 0.1) is 0 Å². The normalized spacial score (nSPS) is 11.5. The van der Waals surface area contributed by atoms with Crippen molar-refractivity contribution in [1.29, 1.82) is 0 Å². The highest BCUT2D eigenvalue weighted by Gasteiger charge is 2.31. The zero-order chi connectivity index (χ0) is 18.2. The number of carboxylic acid groups (broad SMARTS) is 1. The molecular formula is C17H9ClF3NO3. The van der Waals surface area contributed by atoms with Gasteiger partial charge >= 0.3 is 12.3 Å². The summed E-state index contributed by atoms with van der Waals surface area (Å²) in [5.41, 5.74) is 0.974. The largest absolute Gasteiger partial charge is 0.573 e. The van der Waals surface area contributed by atoms with E-state index in [1.807, 2.05) is 0 Å². The van der Waals surface area contributed by atoms with Gasteiger partial charge in [0.2, 0.25) is 0 Å². The third-order valence-corrected chi connectivity index (χ3v) is 3.60. The average Bonchev–Trinajstić information content (AvgIpc) is 2.52. The predicted octanol–water partition coefficient (Wildman–Crippen LogP) is 5.15. The second kappa shape index (κ2) is 6.25. The van der Waals surface area contributed by atoms with E-state index in [-0.39, 0.29) is 16.5 Å². The Kier molecular flexibility index (Phi) is 4.26. The van der Waals surface area contributed by atoms with E-state index in [0.29, 0.717) is 16.3 Å². The molecule has 128 valence electrons. The van der Waals surface area contributed by atoms with E-state index in [4.69, 9.17) is 11.6 Å². The highest BCUT2D eigenvalue weighted by atomic mass is 35.5. The number of aromatic nitrogens is 1. The topological polar surface area (TPSA) is 59.4 Å². The molecule has 0 aliphatic heterocycles. The Labute approximate surface area is 144 Å². The van der Waals surface area contributed by atoms with Crippen LogP contribution in [-0.2, 0) is 0 Å². The summed E-state index contributed by atoms with van der Waals surface area (Å²) in [6.07, 6.45) is -4.87. The Balaban J connectivity index is 2.18. The Morgan fingerprint density at radius 2 is 1.88 bits per heavy atom. The van der Waals surface area contributed by atoms with Crippen molar-refractivity contribution in [2.45, 2.75) is 6.36 Å². The van der Waals surface area contributed by atoms with Crippen molar-refractivity contribution >= 4 is 28.5 Å². The van der Waals surface area contributed by atoms with Gasteiger partial charge in [0.1, 0.15) is 5.75 Å². The smallest absolute Gasteiger partial charge is 0.478 e. The average molecular weight is 368 g/mol. The number of pyridine rings is 1. The summed E-state index contributed by atoms with van der Waals surface area (Å²) < 4.78 is 40.9. The third kappa shape index (κ3) is 3.83. The molecule has 3 aromatic rings. The van der Waals surface area contributed by atoms with Gasteiger partial charge in [0, 0.05) is 16.0 Å². The monoisotopic (exact) mass is 367 g/mol. The van der Waals surface area contributed by atoms with E-state index in [0.717, 1.165) is 12.1 Å². The summed E-state index contributed by atoms with van der Waals surface area (Å²) in [5, 5.41) is 9.91. The van der Waals surface area contributed by atoms with Gasteiger partial charge in [-0.05, 0) is 36.4 Å². The number of aromatic carboxylic acids is 1. The van der Waals surface area contributed by atoms with Crippen molar-refractivity contribution in [3.8, 4) is 17.0 Å². The number of hydrogen-bond acceptors (Lipinski definition) is 3. The molecule has 0 unspecified atom stereocenters.